The monoisotopic (exact) mass is 495 g/mol. The number of fused-ring (bicyclic) bond motifs is 2. The summed E-state index contributed by atoms with van der Waals surface area (Å²) < 4.78 is 17.6. The summed E-state index contributed by atoms with van der Waals surface area (Å²) in [6.45, 7) is 6.96. The van der Waals surface area contributed by atoms with Crippen molar-refractivity contribution in [1.29, 1.82) is 0 Å². The Morgan fingerprint density at radius 2 is 1.57 bits per heavy atom. The molecular weight excluding hydrogens is 462 g/mol. The molecule has 1 atom stereocenters. The number of hydrogen-bond acceptors (Lipinski definition) is 4. The van der Waals surface area contributed by atoms with Crippen molar-refractivity contribution in [2.24, 2.45) is 0 Å². The lowest BCUT2D eigenvalue weighted by molar-refractivity contribution is 0.0568. The zero-order valence-electron chi connectivity index (χ0n) is 21.9. The SMILES string of the molecule is COc1ccc2c(c1)CN(C(=O)c1cccc3ccccc13)C(COc1ccc(OC(C)(C)C)cc1)C2. The number of benzene rings is 4. The number of carbonyl (C=O) groups excluding carboxylic acids is 1. The van der Waals surface area contributed by atoms with E-state index in [1.54, 1.807) is 7.11 Å². The van der Waals surface area contributed by atoms with E-state index in [9.17, 15) is 4.79 Å². The summed E-state index contributed by atoms with van der Waals surface area (Å²) in [6, 6.07) is 27.6. The lowest BCUT2D eigenvalue weighted by Crippen LogP contribution is -2.47. The number of nitrogens with zero attached hydrogens (tertiary/aromatic N) is 1. The Morgan fingerprint density at radius 3 is 2.32 bits per heavy atom. The van der Waals surface area contributed by atoms with Gasteiger partial charge in [-0.2, -0.15) is 0 Å². The van der Waals surface area contributed by atoms with E-state index in [0.717, 1.165) is 33.6 Å². The molecule has 5 nitrogen and oxygen atoms in total. The third kappa shape index (κ3) is 5.56. The zero-order valence-corrected chi connectivity index (χ0v) is 21.9. The molecule has 190 valence electrons. The van der Waals surface area contributed by atoms with Gasteiger partial charge in [0.05, 0.1) is 13.2 Å². The van der Waals surface area contributed by atoms with Crippen molar-refractivity contribution in [2.45, 2.75) is 45.4 Å². The maximum atomic E-state index is 14.0. The molecular formula is C32H33NO4. The molecule has 0 radical (unpaired) electrons. The Balaban J connectivity index is 1.41. The molecule has 5 rings (SSSR count). The molecule has 1 amide bonds. The number of ether oxygens (including phenoxy) is 3. The van der Waals surface area contributed by atoms with Crippen LogP contribution in [-0.4, -0.2) is 36.2 Å². The summed E-state index contributed by atoms with van der Waals surface area (Å²) in [5.74, 6) is 2.35. The topological polar surface area (TPSA) is 48.0 Å². The predicted octanol–water partition coefficient (Wildman–Crippen LogP) is 6.67. The van der Waals surface area contributed by atoms with Gasteiger partial charge in [-0.05, 0) is 91.6 Å². The second-order valence-corrected chi connectivity index (χ2v) is 10.4. The summed E-state index contributed by atoms with van der Waals surface area (Å²) in [6.07, 6.45) is 0.709. The standard InChI is InChI=1S/C32H33NO4/c1-32(2,3)37-27-16-14-26(15-17-27)36-21-25-18-23-12-13-28(35-4)19-24(23)20-33(25)31(34)30-11-7-9-22-8-5-6-10-29(22)30/h5-17,19,25H,18,20-21H2,1-4H3. The Labute approximate surface area is 218 Å². The molecule has 1 unspecified atom stereocenters. The highest BCUT2D eigenvalue weighted by molar-refractivity contribution is 6.07. The average Bonchev–Trinajstić information content (AvgIpc) is 2.90. The van der Waals surface area contributed by atoms with Crippen LogP contribution in [0.1, 0.15) is 42.3 Å². The summed E-state index contributed by atoms with van der Waals surface area (Å²) in [5.41, 5.74) is 2.76. The Kier molecular flexibility index (Phi) is 6.79. The number of hydrogen-bond donors (Lipinski definition) is 0. The van der Waals surface area contributed by atoms with Crippen molar-refractivity contribution in [2.75, 3.05) is 13.7 Å². The molecule has 1 aliphatic heterocycles. The molecule has 4 aromatic rings. The molecule has 1 heterocycles. The average molecular weight is 496 g/mol. The molecule has 0 fully saturated rings. The van der Waals surface area contributed by atoms with Crippen LogP contribution in [0.2, 0.25) is 0 Å². The first-order valence-corrected chi connectivity index (χ1v) is 12.7. The van der Waals surface area contributed by atoms with Gasteiger partial charge < -0.3 is 19.1 Å². The first-order valence-electron chi connectivity index (χ1n) is 12.7. The smallest absolute Gasteiger partial charge is 0.255 e. The van der Waals surface area contributed by atoms with Gasteiger partial charge in [0.15, 0.2) is 0 Å². The largest absolute Gasteiger partial charge is 0.497 e. The third-order valence-electron chi connectivity index (χ3n) is 6.62. The first-order chi connectivity index (χ1) is 17.8. The molecule has 0 aliphatic carbocycles. The van der Waals surface area contributed by atoms with E-state index in [4.69, 9.17) is 14.2 Å². The van der Waals surface area contributed by atoms with E-state index in [-0.39, 0.29) is 17.6 Å². The molecule has 0 aromatic heterocycles. The van der Waals surface area contributed by atoms with Crippen molar-refractivity contribution in [1.82, 2.24) is 4.90 Å². The van der Waals surface area contributed by atoms with Gasteiger partial charge in [-0.15, -0.1) is 0 Å². The molecule has 0 saturated heterocycles. The molecule has 0 saturated carbocycles. The van der Waals surface area contributed by atoms with Gasteiger partial charge in [0.25, 0.3) is 5.91 Å². The van der Waals surface area contributed by atoms with E-state index in [1.807, 2.05) is 105 Å². The Bertz CT molecular complexity index is 1400. The van der Waals surface area contributed by atoms with E-state index >= 15 is 0 Å². The van der Waals surface area contributed by atoms with Crippen molar-refractivity contribution in [3.05, 3.63) is 102 Å². The van der Waals surface area contributed by atoms with Crippen LogP contribution in [0.5, 0.6) is 17.2 Å². The maximum Gasteiger partial charge on any atom is 0.255 e. The summed E-state index contributed by atoms with van der Waals surface area (Å²) in [7, 11) is 1.66. The molecule has 5 heteroatoms. The van der Waals surface area contributed by atoms with Gasteiger partial charge in [0.2, 0.25) is 0 Å². The van der Waals surface area contributed by atoms with Crippen molar-refractivity contribution < 1.29 is 19.0 Å². The summed E-state index contributed by atoms with van der Waals surface area (Å²) >= 11 is 0. The lowest BCUT2D eigenvalue weighted by Gasteiger charge is -2.37. The third-order valence-corrected chi connectivity index (χ3v) is 6.62. The van der Waals surface area contributed by atoms with Gasteiger partial charge in [-0.3, -0.25) is 4.79 Å². The second-order valence-electron chi connectivity index (χ2n) is 10.4. The Morgan fingerprint density at radius 1 is 0.865 bits per heavy atom. The predicted molar refractivity (Wildman–Crippen MR) is 147 cm³/mol. The van der Waals surface area contributed by atoms with Crippen LogP contribution in [0.25, 0.3) is 10.8 Å². The minimum atomic E-state index is -0.261. The van der Waals surface area contributed by atoms with Crippen molar-refractivity contribution in [3.8, 4) is 17.2 Å². The fraction of sp³-hybridized carbons (Fsp3) is 0.281. The van der Waals surface area contributed by atoms with Crippen LogP contribution in [-0.2, 0) is 13.0 Å². The van der Waals surface area contributed by atoms with Gasteiger partial charge in [0, 0.05) is 12.1 Å². The number of methoxy groups -OCH3 is 1. The number of rotatable bonds is 6. The lowest BCUT2D eigenvalue weighted by atomic mass is 9.92. The van der Waals surface area contributed by atoms with Crippen molar-refractivity contribution >= 4 is 16.7 Å². The minimum Gasteiger partial charge on any atom is -0.497 e. The van der Waals surface area contributed by atoms with Gasteiger partial charge >= 0.3 is 0 Å². The molecule has 0 N–H and O–H groups in total. The normalized spacial score (nSPS) is 15.2. The fourth-order valence-corrected chi connectivity index (χ4v) is 4.86. The summed E-state index contributed by atoms with van der Waals surface area (Å²) in [5, 5.41) is 2.01. The van der Waals surface area contributed by atoms with Crippen LogP contribution < -0.4 is 14.2 Å². The molecule has 0 bridgehead atoms. The van der Waals surface area contributed by atoms with Crippen molar-refractivity contribution in [3.63, 3.8) is 0 Å². The second kappa shape index (κ2) is 10.2. The van der Waals surface area contributed by atoms with Gasteiger partial charge in [0.1, 0.15) is 29.5 Å². The van der Waals surface area contributed by atoms with Crippen LogP contribution in [0.3, 0.4) is 0 Å². The van der Waals surface area contributed by atoms with E-state index in [0.29, 0.717) is 25.1 Å². The van der Waals surface area contributed by atoms with E-state index in [1.165, 1.54) is 5.56 Å². The maximum absolute atomic E-state index is 14.0. The molecule has 4 aromatic carbocycles. The number of carbonyl (C=O) groups is 1. The fourth-order valence-electron chi connectivity index (χ4n) is 4.86. The van der Waals surface area contributed by atoms with Gasteiger partial charge in [-0.25, -0.2) is 0 Å². The summed E-state index contributed by atoms with van der Waals surface area (Å²) in [4.78, 5) is 15.9. The molecule has 0 spiro atoms. The van der Waals surface area contributed by atoms with Crippen LogP contribution >= 0.6 is 0 Å². The highest BCUT2D eigenvalue weighted by Crippen LogP contribution is 2.30. The first kappa shape index (κ1) is 24.7. The van der Waals surface area contributed by atoms with E-state index < -0.39 is 0 Å². The number of amides is 1. The zero-order chi connectivity index (χ0) is 26.0. The quantitative estimate of drug-likeness (QED) is 0.300. The van der Waals surface area contributed by atoms with Crippen LogP contribution in [0.4, 0.5) is 0 Å². The van der Waals surface area contributed by atoms with Crippen LogP contribution in [0, 0.1) is 0 Å². The van der Waals surface area contributed by atoms with Crippen LogP contribution in [0.15, 0.2) is 84.9 Å². The highest BCUT2D eigenvalue weighted by atomic mass is 16.5. The molecule has 37 heavy (non-hydrogen) atoms. The van der Waals surface area contributed by atoms with E-state index in [2.05, 4.69) is 6.07 Å². The molecule has 1 aliphatic rings. The highest BCUT2D eigenvalue weighted by Gasteiger charge is 2.32. The van der Waals surface area contributed by atoms with Gasteiger partial charge in [-0.1, -0.05) is 42.5 Å². The minimum absolute atomic E-state index is 0.00722. The Hall–Kier alpha value is -3.99.